The van der Waals surface area contributed by atoms with E-state index in [0.717, 1.165) is 60.9 Å². The lowest BCUT2D eigenvalue weighted by molar-refractivity contribution is -0.121. The number of pyridine rings is 2. The van der Waals surface area contributed by atoms with Gasteiger partial charge in [0.05, 0.1) is 17.4 Å². The topological polar surface area (TPSA) is 79.2 Å². The molecule has 8 nitrogen and oxygen atoms in total. The van der Waals surface area contributed by atoms with Gasteiger partial charge in [-0.25, -0.2) is 9.97 Å². The Morgan fingerprint density at radius 1 is 1.06 bits per heavy atom. The largest absolute Gasteiger partial charge is 0.310 e. The van der Waals surface area contributed by atoms with E-state index < -0.39 is 0 Å². The van der Waals surface area contributed by atoms with E-state index in [9.17, 15) is 4.79 Å². The van der Waals surface area contributed by atoms with Crippen molar-refractivity contribution < 1.29 is 4.79 Å². The maximum absolute atomic E-state index is 12.9. The molecule has 33 heavy (non-hydrogen) atoms. The third kappa shape index (κ3) is 5.23. The van der Waals surface area contributed by atoms with Crippen LogP contribution in [0.4, 0.5) is 5.82 Å². The van der Waals surface area contributed by atoms with Crippen molar-refractivity contribution in [1.82, 2.24) is 29.5 Å². The van der Waals surface area contributed by atoms with Crippen molar-refractivity contribution in [2.45, 2.75) is 25.7 Å². The van der Waals surface area contributed by atoms with Crippen LogP contribution in [0.25, 0.3) is 22.2 Å². The molecular weight excluding hydrogens is 414 g/mol. The molecule has 1 saturated heterocycles. The van der Waals surface area contributed by atoms with Crippen molar-refractivity contribution in [2.24, 2.45) is 18.9 Å². The minimum Gasteiger partial charge on any atom is -0.310 e. The first kappa shape index (κ1) is 22.0. The first-order valence-electron chi connectivity index (χ1n) is 12.0. The van der Waals surface area contributed by atoms with E-state index in [1.165, 1.54) is 19.6 Å². The van der Waals surface area contributed by atoms with Crippen molar-refractivity contribution in [2.75, 3.05) is 45.1 Å². The van der Waals surface area contributed by atoms with E-state index in [0.29, 0.717) is 11.7 Å². The highest BCUT2D eigenvalue weighted by Crippen LogP contribution is 2.30. The molecule has 0 aromatic carbocycles. The Morgan fingerprint density at radius 3 is 2.58 bits per heavy atom. The molecule has 1 aliphatic heterocycles. The second-order valence-corrected chi connectivity index (χ2v) is 9.67. The molecule has 3 aromatic heterocycles. The molecule has 2 aliphatic rings. The van der Waals surface area contributed by atoms with Crippen LogP contribution in [0, 0.1) is 11.8 Å². The average Bonchev–Trinajstić information content (AvgIpc) is 3.27. The van der Waals surface area contributed by atoms with Gasteiger partial charge in [0.15, 0.2) is 0 Å². The highest BCUT2D eigenvalue weighted by Gasteiger charge is 2.28. The van der Waals surface area contributed by atoms with Gasteiger partial charge < -0.3 is 15.1 Å². The number of nitrogens with one attached hydrogen (secondary N) is 1. The van der Waals surface area contributed by atoms with E-state index >= 15 is 0 Å². The molecule has 0 spiro atoms. The number of carbonyl (C=O) groups is 1. The summed E-state index contributed by atoms with van der Waals surface area (Å²) < 4.78 is 1.76. The standard InChI is InChI=1S/C25H33N7O/c1-30-9-11-32(12-10-30)16-18-3-5-19(6-4-18)25(33)29-24-13-23-20(14-26-24)7-8-22(28-23)21-15-27-31(2)17-21/h7-8,13-15,17-19H,3-6,9-12,16H2,1-2H3,(H,26,29,33)/t18-,19-. The Hall–Kier alpha value is -2.84. The van der Waals surface area contributed by atoms with E-state index in [1.807, 2.05) is 31.4 Å². The zero-order chi connectivity index (χ0) is 22.8. The maximum Gasteiger partial charge on any atom is 0.228 e. The van der Waals surface area contributed by atoms with Gasteiger partial charge in [-0.3, -0.25) is 9.48 Å². The molecule has 0 bridgehead atoms. The highest BCUT2D eigenvalue weighted by atomic mass is 16.1. The Kier molecular flexibility index (Phi) is 6.37. The molecule has 1 amide bonds. The molecule has 4 heterocycles. The van der Waals surface area contributed by atoms with Gasteiger partial charge in [-0.15, -0.1) is 0 Å². The third-order valence-electron chi connectivity index (χ3n) is 7.16. The fraction of sp³-hybridized carbons (Fsp3) is 0.520. The number of nitrogens with zero attached hydrogens (tertiary/aromatic N) is 6. The zero-order valence-electron chi connectivity index (χ0n) is 19.6. The second kappa shape index (κ2) is 9.57. The smallest absolute Gasteiger partial charge is 0.228 e. The van der Waals surface area contributed by atoms with Crippen LogP contribution in [0.3, 0.4) is 0 Å². The summed E-state index contributed by atoms with van der Waals surface area (Å²) in [5, 5.41) is 8.22. The van der Waals surface area contributed by atoms with Crippen LogP contribution in [0.1, 0.15) is 25.7 Å². The predicted octanol–water partition coefficient (Wildman–Crippen LogP) is 3.02. The SMILES string of the molecule is CN1CCN(C[C@H]2CC[C@H](C(=O)Nc3cc4nc(-c5cnn(C)c5)ccc4cn3)CC2)CC1. The van der Waals surface area contributed by atoms with E-state index in [1.54, 1.807) is 17.1 Å². The number of carbonyl (C=O) groups excluding carboxylic acids is 1. The zero-order valence-corrected chi connectivity index (χ0v) is 19.6. The molecule has 3 aromatic rings. The molecule has 1 aliphatic carbocycles. The molecule has 8 heteroatoms. The molecule has 5 rings (SSSR count). The summed E-state index contributed by atoms with van der Waals surface area (Å²) in [6.45, 7) is 5.84. The van der Waals surface area contributed by atoms with E-state index in [4.69, 9.17) is 4.98 Å². The number of hydrogen-bond donors (Lipinski definition) is 1. The lowest BCUT2D eigenvalue weighted by atomic mass is 9.81. The summed E-state index contributed by atoms with van der Waals surface area (Å²) in [6.07, 6.45) is 9.70. The average molecular weight is 448 g/mol. The number of hydrogen-bond acceptors (Lipinski definition) is 6. The van der Waals surface area contributed by atoms with Gasteiger partial charge in [-0.05, 0) is 50.8 Å². The van der Waals surface area contributed by atoms with Gasteiger partial charge in [0, 0.05) is 75.1 Å². The number of piperazine rings is 1. The first-order valence-corrected chi connectivity index (χ1v) is 12.0. The van der Waals surface area contributed by atoms with Crippen LogP contribution in [-0.4, -0.2) is 75.2 Å². The fourth-order valence-corrected chi connectivity index (χ4v) is 5.03. The van der Waals surface area contributed by atoms with Gasteiger partial charge in [0.2, 0.25) is 5.91 Å². The molecule has 0 radical (unpaired) electrons. The minimum atomic E-state index is 0.0703. The number of amides is 1. The fourth-order valence-electron chi connectivity index (χ4n) is 5.03. The van der Waals surface area contributed by atoms with Gasteiger partial charge in [-0.2, -0.15) is 5.10 Å². The molecule has 174 valence electrons. The van der Waals surface area contributed by atoms with E-state index in [-0.39, 0.29) is 11.8 Å². The van der Waals surface area contributed by atoms with Crippen LogP contribution in [0.2, 0.25) is 0 Å². The Bertz CT molecular complexity index is 1110. The summed E-state index contributed by atoms with van der Waals surface area (Å²) in [4.78, 5) is 27.1. The highest BCUT2D eigenvalue weighted by molar-refractivity contribution is 5.93. The van der Waals surface area contributed by atoms with Crippen molar-refractivity contribution in [1.29, 1.82) is 0 Å². The molecule has 2 fully saturated rings. The summed E-state index contributed by atoms with van der Waals surface area (Å²) in [5.74, 6) is 1.44. The Labute approximate surface area is 195 Å². The van der Waals surface area contributed by atoms with Gasteiger partial charge >= 0.3 is 0 Å². The Balaban J connectivity index is 1.18. The van der Waals surface area contributed by atoms with Gasteiger partial charge in [0.25, 0.3) is 0 Å². The number of likely N-dealkylation sites (N-methyl/N-ethyl adjacent to an activating group) is 1. The minimum absolute atomic E-state index is 0.0703. The van der Waals surface area contributed by atoms with Crippen LogP contribution >= 0.6 is 0 Å². The number of rotatable bonds is 5. The van der Waals surface area contributed by atoms with Crippen molar-refractivity contribution >= 4 is 22.6 Å². The third-order valence-corrected chi connectivity index (χ3v) is 7.16. The second-order valence-electron chi connectivity index (χ2n) is 9.67. The summed E-state index contributed by atoms with van der Waals surface area (Å²) in [5.41, 5.74) is 2.64. The van der Waals surface area contributed by atoms with Crippen molar-refractivity contribution in [3.8, 4) is 11.3 Å². The Morgan fingerprint density at radius 2 is 1.85 bits per heavy atom. The van der Waals surface area contributed by atoms with Crippen molar-refractivity contribution in [3.05, 3.63) is 36.8 Å². The maximum atomic E-state index is 12.9. The molecule has 1 saturated carbocycles. The van der Waals surface area contributed by atoms with Gasteiger partial charge in [0.1, 0.15) is 5.82 Å². The van der Waals surface area contributed by atoms with Crippen LogP contribution in [-0.2, 0) is 11.8 Å². The summed E-state index contributed by atoms with van der Waals surface area (Å²) in [6, 6.07) is 5.84. The van der Waals surface area contributed by atoms with Crippen LogP contribution in [0.5, 0.6) is 0 Å². The van der Waals surface area contributed by atoms with Gasteiger partial charge in [-0.1, -0.05) is 0 Å². The first-order chi connectivity index (χ1) is 16.0. The molecule has 0 unspecified atom stereocenters. The number of aromatic nitrogens is 4. The number of fused-ring (bicyclic) bond motifs is 1. The van der Waals surface area contributed by atoms with E-state index in [2.05, 4.69) is 32.2 Å². The number of anilines is 1. The predicted molar refractivity (Wildman–Crippen MR) is 130 cm³/mol. The van der Waals surface area contributed by atoms with Crippen molar-refractivity contribution in [3.63, 3.8) is 0 Å². The van der Waals surface area contributed by atoms with Crippen LogP contribution < -0.4 is 5.32 Å². The summed E-state index contributed by atoms with van der Waals surface area (Å²) in [7, 11) is 4.09. The quantitative estimate of drug-likeness (QED) is 0.648. The molecule has 1 N–H and O–H groups in total. The monoisotopic (exact) mass is 447 g/mol. The molecular formula is C25H33N7O. The molecule has 0 atom stereocenters. The summed E-state index contributed by atoms with van der Waals surface area (Å²) >= 11 is 0. The normalized spacial score (nSPS) is 22.5. The lowest BCUT2D eigenvalue weighted by Gasteiger charge is -2.36. The lowest BCUT2D eigenvalue weighted by Crippen LogP contribution is -2.46. The van der Waals surface area contributed by atoms with Crippen LogP contribution in [0.15, 0.2) is 36.8 Å². The number of aryl methyl sites for hydroxylation is 1.